The molecule has 0 amide bonds. The third-order valence-electron chi connectivity index (χ3n) is 11.0. The van der Waals surface area contributed by atoms with Gasteiger partial charge < -0.3 is 0 Å². The first-order valence-corrected chi connectivity index (χ1v) is 16.8. The van der Waals surface area contributed by atoms with Crippen molar-refractivity contribution in [2.24, 2.45) is 0 Å². The smallest absolute Gasteiger partial charge is 0.116 e. The van der Waals surface area contributed by atoms with Crippen LogP contribution in [0.4, 0.5) is 0 Å². The lowest BCUT2D eigenvalue weighted by atomic mass is 9.85. The number of benzene rings is 8. The highest BCUT2D eigenvalue weighted by atomic mass is 15.3. The van der Waals surface area contributed by atoms with Crippen molar-refractivity contribution in [1.29, 1.82) is 0 Å². The second kappa shape index (κ2) is 9.40. The van der Waals surface area contributed by atoms with Crippen LogP contribution in [0.5, 0.6) is 0 Å². The molecule has 0 unspecified atom stereocenters. The van der Waals surface area contributed by atoms with Gasteiger partial charge in [-0.15, -0.1) is 10.2 Å². The van der Waals surface area contributed by atoms with Crippen LogP contribution in [0.2, 0.25) is 0 Å². The Kier molecular flexibility index (Phi) is 3.10. The van der Waals surface area contributed by atoms with E-state index in [4.69, 9.17) is 46.6 Å². The van der Waals surface area contributed by atoms with E-state index in [1.54, 1.807) is 6.33 Å². The first-order valence-electron chi connectivity index (χ1n) is 30.8. The van der Waals surface area contributed by atoms with Gasteiger partial charge in [0.1, 0.15) is 6.33 Å². The van der Waals surface area contributed by atoms with E-state index in [1.165, 1.54) is 98.4 Å². The minimum absolute atomic E-state index is 0.926. The van der Waals surface area contributed by atoms with Crippen molar-refractivity contribution in [1.82, 2.24) is 25.4 Å². The zero-order valence-electron chi connectivity index (χ0n) is 54.5. The summed E-state index contributed by atoms with van der Waals surface area (Å²) in [7, 11) is 0. The molecule has 5 heteroatoms. The lowest BCUT2D eigenvalue weighted by Gasteiger charge is -2.18. The van der Waals surface area contributed by atoms with Crippen molar-refractivity contribution in [3.05, 3.63) is 140 Å². The van der Waals surface area contributed by atoms with Gasteiger partial charge in [-0.3, -0.25) is 0 Å². The van der Waals surface area contributed by atoms with Crippen LogP contribution in [0.1, 0.15) is 41.6 Å². The molecule has 0 fully saturated rings. The fourth-order valence-electron chi connectivity index (χ4n) is 9.08. The summed E-state index contributed by atoms with van der Waals surface area (Å²) in [5, 5.41) is 24.6. The minimum Gasteiger partial charge on any atom is -0.245 e. The average molecular weight is 690 g/mol. The van der Waals surface area contributed by atoms with Gasteiger partial charge in [-0.2, -0.15) is 0 Å². The second-order valence-electron chi connectivity index (χ2n) is 13.3. The van der Waals surface area contributed by atoms with E-state index in [-0.39, 0.29) is 0 Å². The molecule has 0 radical (unpaired) electrons. The first kappa shape index (κ1) is 16.5. The lowest BCUT2D eigenvalue weighted by Crippen LogP contribution is -1.94. The predicted molar refractivity (Wildman–Crippen MR) is 232 cm³/mol. The molecule has 0 atom stereocenters. The lowest BCUT2D eigenvalue weighted by molar-refractivity contribution is 0.867. The molecule has 8 aromatic carbocycles. The van der Waals surface area contributed by atoms with E-state index >= 15 is 0 Å². The molecule has 0 aliphatic heterocycles. The maximum absolute atomic E-state index is 5.00. The SMILES string of the molecule is [2H][2H].[2H][2H].[2H][2H].[2H][2H].[2H][2H].[2H][2H].[2H][2H].[2H][2H].[2H][2H].[2H][2H].[2H][2H].[2H][2H].[2H][2H].[2H][2H].c1cc2c3c(cccc3c1)-c1c-2cc2c(ccc3c4cc5c(c(-c6ccncn6)c4ccc23)-c2cccc3cccc-5c23)c1-c1cnnnc1. The summed E-state index contributed by atoms with van der Waals surface area (Å²) >= 11 is 0. The van der Waals surface area contributed by atoms with E-state index in [0.717, 1.165) is 22.4 Å². The van der Waals surface area contributed by atoms with Crippen LogP contribution in [0.25, 0.3) is 121 Å². The summed E-state index contributed by atoms with van der Waals surface area (Å²) in [6.07, 6.45) is 7.17. The highest BCUT2D eigenvalue weighted by Crippen LogP contribution is 2.56. The molecule has 0 spiro atoms. The first-order chi connectivity index (χ1) is 38.8. The Morgan fingerprint density at radius 2 is 0.960 bits per heavy atom. The number of nitrogens with zero attached hydrogens (tertiary/aromatic N) is 5. The fraction of sp³-hybridized carbons (Fsp3) is 0. The summed E-state index contributed by atoms with van der Waals surface area (Å²) < 4.78 is 140. The largest absolute Gasteiger partial charge is 0.245 e. The van der Waals surface area contributed by atoms with E-state index in [2.05, 4.69) is 130 Å². The van der Waals surface area contributed by atoms with Crippen molar-refractivity contribution in [3.8, 4) is 66.9 Å². The number of rotatable bonds is 2. The average Bonchev–Trinajstić information content (AvgIpc) is 4.08. The molecule has 12 rings (SSSR count). The molecule has 0 bridgehead atoms. The Morgan fingerprint density at radius 1 is 0.440 bits per heavy atom. The summed E-state index contributed by atoms with van der Waals surface area (Å²) in [4.78, 5) is 9.10. The second-order valence-corrected chi connectivity index (χ2v) is 13.3. The molecule has 0 N–H and O–H groups in total. The van der Waals surface area contributed by atoms with Gasteiger partial charge in [-0.05, 0) is 116 Å². The molecule has 50 heavy (non-hydrogen) atoms. The molecular formula is C45H51N5. The standard InChI is InChI=1S/C45H23N5.14H2/c1-5-24-7-3-11-33-40(24)29(9-1)37-19-35-27-14-16-32-36(28(27)13-15-31(35)42(43(33)37)26-21-48-50-49-22-26)20-38-30-10-2-6-25-8-4-12-34(41(25)30)44(38)45(32)39-17-18-46-23-47-39;;;;;;;;;;;;;;/h1-23H;14*1H/i;14*1+1D. The van der Waals surface area contributed by atoms with Gasteiger partial charge in [-0.25, -0.2) is 9.97 Å². The Bertz CT molecular complexity index is 2980. The highest BCUT2D eigenvalue weighted by molar-refractivity contribution is 6.30. The van der Waals surface area contributed by atoms with E-state index in [1.807, 2.05) is 24.7 Å². The van der Waals surface area contributed by atoms with Gasteiger partial charge in [-0.1, -0.05) is 97.1 Å². The predicted octanol–water partition coefficient (Wildman–Crippen LogP) is 14.5. The van der Waals surface area contributed by atoms with Crippen LogP contribution in [-0.2, 0) is 0 Å². The monoisotopic (exact) mass is 690 g/mol. The van der Waals surface area contributed by atoms with Gasteiger partial charge in [0.15, 0.2) is 0 Å². The number of hydrogen-bond acceptors (Lipinski definition) is 5. The van der Waals surface area contributed by atoms with Crippen molar-refractivity contribution >= 4 is 53.9 Å². The topological polar surface area (TPSA) is 64.5 Å². The fourth-order valence-corrected chi connectivity index (χ4v) is 9.08. The van der Waals surface area contributed by atoms with Gasteiger partial charge in [0.05, 0.1) is 18.1 Å². The molecule has 10 aromatic rings. The normalized spacial score (nSPS) is 14.6. The van der Waals surface area contributed by atoms with E-state index in [0.29, 0.717) is 0 Å². The summed E-state index contributed by atoms with van der Waals surface area (Å²) in [6, 6.07) is 42.6. The number of fused-ring (bicyclic) bond motifs is 11. The summed E-state index contributed by atoms with van der Waals surface area (Å²) in [5.41, 5.74) is 14.2. The molecule has 2 aliphatic rings. The molecule has 0 saturated carbocycles. The molecule has 256 valence electrons. The van der Waals surface area contributed by atoms with Crippen LogP contribution < -0.4 is 0 Å². The molecule has 5 nitrogen and oxygen atoms in total. The van der Waals surface area contributed by atoms with Crippen molar-refractivity contribution < 1.29 is 41.6 Å². The maximum atomic E-state index is 5.00. The van der Waals surface area contributed by atoms with Crippen molar-refractivity contribution in [2.45, 2.75) is 0 Å². The molecule has 2 aromatic heterocycles. The van der Waals surface area contributed by atoms with Crippen LogP contribution in [0.15, 0.2) is 140 Å². The molecule has 0 saturated heterocycles. The Hall–Kier alpha value is -6.85. The Balaban J connectivity index is -0.00000177. The third-order valence-corrected chi connectivity index (χ3v) is 11.0. The number of hydrogen-bond donors (Lipinski definition) is 0. The minimum atomic E-state index is 0.926. The van der Waals surface area contributed by atoms with Gasteiger partial charge >= 0.3 is 0 Å². The van der Waals surface area contributed by atoms with Crippen LogP contribution in [-0.4, -0.2) is 25.4 Å². The zero-order valence-corrected chi connectivity index (χ0v) is 26.5. The van der Waals surface area contributed by atoms with E-state index in [9.17, 15) is 0 Å². The Labute approximate surface area is 328 Å². The summed E-state index contributed by atoms with van der Waals surface area (Å²) in [5.74, 6) is 0. The third kappa shape index (κ3) is 3.24. The van der Waals surface area contributed by atoms with Crippen LogP contribution in [0.3, 0.4) is 0 Å². The van der Waals surface area contributed by atoms with Crippen molar-refractivity contribution in [2.75, 3.05) is 0 Å². The zero-order chi connectivity index (χ0) is 60.5. The Morgan fingerprint density at radius 3 is 1.52 bits per heavy atom. The van der Waals surface area contributed by atoms with Crippen LogP contribution in [0, 0.1) is 0 Å². The quantitative estimate of drug-likeness (QED) is 0.169. The maximum Gasteiger partial charge on any atom is 0.116 e. The summed E-state index contributed by atoms with van der Waals surface area (Å²) in [6.45, 7) is 0. The van der Waals surface area contributed by atoms with E-state index < -0.39 is 0 Å². The van der Waals surface area contributed by atoms with Gasteiger partial charge in [0, 0.05) is 70.0 Å². The molecule has 2 heterocycles. The van der Waals surface area contributed by atoms with Crippen LogP contribution >= 0.6 is 0 Å². The van der Waals surface area contributed by atoms with Gasteiger partial charge in [0.25, 0.3) is 0 Å². The van der Waals surface area contributed by atoms with Gasteiger partial charge in [0.2, 0.25) is 0 Å². The van der Waals surface area contributed by atoms with Crippen molar-refractivity contribution in [3.63, 3.8) is 0 Å². The number of aromatic nitrogens is 5. The molecule has 2 aliphatic carbocycles. The highest BCUT2D eigenvalue weighted by Gasteiger charge is 2.29. The molecular weight excluding hydrogens is 611 g/mol.